The van der Waals surface area contributed by atoms with Crippen molar-refractivity contribution in [3.05, 3.63) is 54.2 Å². The van der Waals surface area contributed by atoms with Gasteiger partial charge in [-0.3, -0.25) is 9.78 Å². The van der Waals surface area contributed by atoms with E-state index in [9.17, 15) is 4.79 Å². The van der Waals surface area contributed by atoms with Gasteiger partial charge >= 0.3 is 0 Å². The molecule has 0 saturated heterocycles. The number of carbonyl (C=O) groups excluding carboxylic acids is 1. The predicted octanol–water partition coefficient (Wildman–Crippen LogP) is 2.55. The van der Waals surface area contributed by atoms with Crippen LogP contribution in [0.25, 0.3) is 5.65 Å². The Kier molecular flexibility index (Phi) is 4.51. The maximum atomic E-state index is 12.5. The third-order valence-electron chi connectivity index (χ3n) is 4.80. The Morgan fingerprint density at radius 2 is 2.04 bits per heavy atom. The topological polar surface area (TPSA) is 81.4 Å². The molecule has 1 aliphatic rings. The molecule has 1 N–H and O–H groups in total. The van der Waals surface area contributed by atoms with E-state index in [0.717, 1.165) is 42.8 Å². The molecule has 0 unspecified atom stereocenters. The van der Waals surface area contributed by atoms with Crippen molar-refractivity contribution in [2.75, 3.05) is 0 Å². The maximum absolute atomic E-state index is 12.5. The number of aryl methyl sites for hydroxylation is 1. The number of pyridine rings is 2. The second-order valence-corrected chi connectivity index (χ2v) is 6.63. The van der Waals surface area contributed by atoms with Gasteiger partial charge in [-0.15, -0.1) is 0 Å². The van der Waals surface area contributed by atoms with Crippen molar-refractivity contribution >= 4 is 11.6 Å². The number of carbonyl (C=O) groups is 1. The Labute approximate surface area is 151 Å². The van der Waals surface area contributed by atoms with Crippen LogP contribution in [0.1, 0.15) is 41.7 Å². The van der Waals surface area contributed by atoms with Gasteiger partial charge in [-0.25, -0.2) is 9.50 Å². The van der Waals surface area contributed by atoms with E-state index in [1.54, 1.807) is 29.0 Å². The molecule has 7 heteroatoms. The van der Waals surface area contributed by atoms with E-state index in [-0.39, 0.29) is 18.1 Å². The SMILES string of the molecule is Cc1ncccc1OC1CCC(NC(=O)c2ccc3ncnn3c2)CC1. The average molecular weight is 351 g/mol. The van der Waals surface area contributed by atoms with Crippen molar-refractivity contribution in [3.63, 3.8) is 0 Å². The van der Waals surface area contributed by atoms with Gasteiger partial charge in [0.05, 0.1) is 17.4 Å². The second kappa shape index (κ2) is 7.11. The van der Waals surface area contributed by atoms with Crippen molar-refractivity contribution in [2.45, 2.75) is 44.8 Å². The van der Waals surface area contributed by atoms with Crippen molar-refractivity contribution in [1.29, 1.82) is 0 Å². The normalized spacial score (nSPS) is 20.0. The summed E-state index contributed by atoms with van der Waals surface area (Å²) < 4.78 is 7.68. The molecule has 1 saturated carbocycles. The Balaban J connectivity index is 1.32. The highest BCUT2D eigenvalue weighted by Crippen LogP contribution is 2.25. The number of hydrogen-bond acceptors (Lipinski definition) is 5. The first-order chi connectivity index (χ1) is 12.7. The zero-order valence-electron chi connectivity index (χ0n) is 14.6. The van der Waals surface area contributed by atoms with Gasteiger partial charge in [-0.05, 0) is 56.9 Å². The average Bonchev–Trinajstić information content (AvgIpc) is 3.13. The molecular weight excluding hydrogens is 330 g/mol. The number of ether oxygens (including phenoxy) is 1. The summed E-state index contributed by atoms with van der Waals surface area (Å²) in [6.07, 6.45) is 8.77. The first-order valence-corrected chi connectivity index (χ1v) is 8.87. The van der Waals surface area contributed by atoms with E-state index in [1.807, 2.05) is 19.1 Å². The fraction of sp³-hybridized carbons (Fsp3) is 0.368. The summed E-state index contributed by atoms with van der Waals surface area (Å²) >= 11 is 0. The van der Waals surface area contributed by atoms with Crippen LogP contribution in [0.4, 0.5) is 0 Å². The minimum absolute atomic E-state index is 0.0742. The third kappa shape index (κ3) is 3.51. The monoisotopic (exact) mass is 351 g/mol. The first kappa shape index (κ1) is 16.5. The molecule has 0 atom stereocenters. The van der Waals surface area contributed by atoms with Crippen LogP contribution in [0.15, 0.2) is 43.0 Å². The van der Waals surface area contributed by atoms with Crippen molar-refractivity contribution in [3.8, 4) is 5.75 Å². The quantitative estimate of drug-likeness (QED) is 0.781. The Bertz CT molecular complexity index is 915. The fourth-order valence-electron chi connectivity index (χ4n) is 3.32. The standard InChI is InChI=1S/C19H21N5O2/c1-13-17(3-2-10-20-13)26-16-7-5-15(6-8-16)23-19(25)14-4-9-18-21-12-22-24(18)11-14/h2-4,9-12,15-16H,5-8H2,1H3,(H,23,25). The molecule has 0 aliphatic heterocycles. The second-order valence-electron chi connectivity index (χ2n) is 6.63. The number of fused-ring (bicyclic) bond motifs is 1. The van der Waals surface area contributed by atoms with Gasteiger partial charge in [0, 0.05) is 18.4 Å². The molecule has 3 aromatic rings. The number of aromatic nitrogens is 4. The van der Waals surface area contributed by atoms with E-state index in [4.69, 9.17) is 4.74 Å². The summed E-state index contributed by atoms with van der Waals surface area (Å²) in [5.41, 5.74) is 2.23. The summed E-state index contributed by atoms with van der Waals surface area (Å²) in [4.78, 5) is 20.8. The maximum Gasteiger partial charge on any atom is 0.253 e. The molecule has 4 rings (SSSR count). The minimum Gasteiger partial charge on any atom is -0.489 e. The van der Waals surface area contributed by atoms with E-state index >= 15 is 0 Å². The summed E-state index contributed by atoms with van der Waals surface area (Å²) in [7, 11) is 0. The zero-order valence-corrected chi connectivity index (χ0v) is 14.6. The highest BCUT2D eigenvalue weighted by Gasteiger charge is 2.24. The van der Waals surface area contributed by atoms with Crippen LogP contribution < -0.4 is 10.1 Å². The van der Waals surface area contributed by atoms with Gasteiger partial charge in [0.25, 0.3) is 5.91 Å². The van der Waals surface area contributed by atoms with Crippen molar-refractivity contribution < 1.29 is 9.53 Å². The number of nitrogens with one attached hydrogen (secondary N) is 1. The summed E-state index contributed by atoms with van der Waals surface area (Å²) in [6.45, 7) is 1.95. The van der Waals surface area contributed by atoms with Crippen molar-refractivity contribution in [1.82, 2.24) is 24.9 Å². The summed E-state index contributed by atoms with van der Waals surface area (Å²) in [5.74, 6) is 0.774. The molecule has 1 aliphatic carbocycles. The first-order valence-electron chi connectivity index (χ1n) is 8.87. The van der Waals surface area contributed by atoms with E-state index in [2.05, 4.69) is 20.4 Å². The molecule has 0 spiro atoms. The highest BCUT2D eigenvalue weighted by molar-refractivity contribution is 5.94. The number of rotatable bonds is 4. The Morgan fingerprint density at radius 3 is 2.85 bits per heavy atom. The summed E-state index contributed by atoms with van der Waals surface area (Å²) in [5, 5.41) is 7.19. The number of hydrogen-bond donors (Lipinski definition) is 1. The fourth-order valence-corrected chi connectivity index (χ4v) is 3.32. The van der Waals surface area contributed by atoms with Gasteiger partial charge in [-0.2, -0.15) is 5.10 Å². The van der Waals surface area contributed by atoms with Crippen LogP contribution in [-0.2, 0) is 0 Å². The molecule has 0 bridgehead atoms. The lowest BCUT2D eigenvalue weighted by Gasteiger charge is -2.29. The van der Waals surface area contributed by atoms with Crippen LogP contribution in [0.3, 0.4) is 0 Å². The van der Waals surface area contributed by atoms with Gasteiger partial charge < -0.3 is 10.1 Å². The van der Waals surface area contributed by atoms with Crippen LogP contribution in [0.5, 0.6) is 5.75 Å². The lowest BCUT2D eigenvalue weighted by molar-refractivity contribution is 0.0892. The van der Waals surface area contributed by atoms with Gasteiger partial charge in [-0.1, -0.05) is 0 Å². The number of amides is 1. The largest absolute Gasteiger partial charge is 0.489 e. The van der Waals surface area contributed by atoms with E-state index in [0.29, 0.717) is 5.56 Å². The number of nitrogens with zero attached hydrogens (tertiary/aromatic N) is 4. The van der Waals surface area contributed by atoms with E-state index in [1.165, 1.54) is 6.33 Å². The zero-order chi connectivity index (χ0) is 17.9. The van der Waals surface area contributed by atoms with Crippen LogP contribution in [-0.4, -0.2) is 37.6 Å². The Morgan fingerprint density at radius 1 is 1.19 bits per heavy atom. The van der Waals surface area contributed by atoms with Crippen LogP contribution >= 0.6 is 0 Å². The van der Waals surface area contributed by atoms with Crippen LogP contribution in [0.2, 0.25) is 0 Å². The van der Waals surface area contributed by atoms with Crippen LogP contribution in [0, 0.1) is 6.92 Å². The Hall–Kier alpha value is -2.96. The molecule has 7 nitrogen and oxygen atoms in total. The molecule has 134 valence electrons. The third-order valence-corrected chi connectivity index (χ3v) is 4.80. The predicted molar refractivity (Wildman–Crippen MR) is 96.1 cm³/mol. The smallest absolute Gasteiger partial charge is 0.253 e. The lowest BCUT2D eigenvalue weighted by atomic mass is 9.92. The van der Waals surface area contributed by atoms with Crippen molar-refractivity contribution in [2.24, 2.45) is 0 Å². The molecule has 3 heterocycles. The van der Waals surface area contributed by atoms with Gasteiger partial charge in [0.1, 0.15) is 12.1 Å². The lowest BCUT2D eigenvalue weighted by Crippen LogP contribution is -2.39. The summed E-state index contributed by atoms with van der Waals surface area (Å²) in [6, 6.07) is 7.59. The molecule has 26 heavy (non-hydrogen) atoms. The van der Waals surface area contributed by atoms with Gasteiger partial charge in [0.2, 0.25) is 0 Å². The highest BCUT2D eigenvalue weighted by atomic mass is 16.5. The molecule has 1 fully saturated rings. The molecule has 0 radical (unpaired) electrons. The molecular formula is C19H21N5O2. The van der Waals surface area contributed by atoms with Gasteiger partial charge in [0.15, 0.2) is 5.65 Å². The molecule has 3 aromatic heterocycles. The van der Waals surface area contributed by atoms with E-state index < -0.39 is 0 Å². The minimum atomic E-state index is -0.0742. The molecule has 1 amide bonds. The molecule has 0 aromatic carbocycles.